The van der Waals surface area contributed by atoms with Crippen molar-refractivity contribution in [3.63, 3.8) is 0 Å². The van der Waals surface area contributed by atoms with Gasteiger partial charge >= 0.3 is 12.1 Å². The van der Waals surface area contributed by atoms with Gasteiger partial charge < -0.3 is 25.0 Å². The Labute approximate surface area is 228 Å². The zero-order chi connectivity index (χ0) is 29.0. The fraction of sp³-hybridized carbons (Fsp3) is 0.655. The molecule has 9 heteroatoms. The molecule has 2 N–H and O–H groups in total. The first-order valence-corrected chi connectivity index (χ1v) is 13.5. The van der Waals surface area contributed by atoms with E-state index in [4.69, 9.17) is 9.47 Å². The summed E-state index contributed by atoms with van der Waals surface area (Å²) < 4.78 is 10.4. The molecule has 0 saturated heterocycles. The molecule has 0 spiro atoms. The second-order valence-electron chi connectivity index (χ2n) is 11.0. The van der Waals surface area contributed by atoms with Gasteiger partial charge in [-0.25, -0.2) is 4.79 Å². The highest BCUT2D eigenvalue weighted by molar-refractivity contribution is 5.92. The lowest BCUT2D eigenvalue weighted by atomic mass is 9.97. The second kappa shape index (κ2) is 15.3. The van der Waals surface area contributed by atoms with E-state index in [2.05, 4.69) is 10.6 Å². The number of carbonyl (C=O) groups excluding carboxylic acids is 4. The monoisotopic (exact) mass is 533 g/mol. The first-order chi connectivity index (χ1) is 17.7. The second-order valence-corrected chi connectivity index (χ2v) is 11.0. The molecule has 0 radical (unpaired) electrons. The van der Waals surface area contributed by atoms with Gasteiger partial charge in [0.15, 0.2) is 0 Å². The minimum absolute atomic E-state index is 0.0207. The number of amides is 3. The quantitative estimate of drug-likeness (QED) is 0.360. The Balaban J connectivity index is 3.39. The number of carbonyl (C=O) groups is 4. The Morgan fingerprint density at radius 3 is 2.05 bits per heavy atom. The Kier molecular flexibility index (Phi) is 13.3. The maximum Gasteiger partial charge on any atom is 0.408 e. The van der Waals surface area contributed by atoms with E-state index in [1.54, 1.807) is 27.7 Å². The fourth-order valence-electron chi connectivity index (χ4n) is 3.99. The third-order valence-corrected chi connectivity index (χ3v) is 5.67. The van der Waals surface area contributed by atoms with Crippen LogP contribution in [0.5, 0.6) is 0 Å². The molecule has 0 fully saturated rings. The zero-order valence-corrected chi connectivity index (χ0v) is 24.6. The predicted molar refractivity (Wildman–Crippen MR) is 147 cm³/mol. The molecule has 0 bridgehead atoms. The summed E-state index contributed by atoms with van der Waals surface area (Å²) in [6, 6.07) is 5.32. The van der Waals surface area contributed by atoms with Crippen LogP contribution in [0, 0.1) is 5.92 Å². The number of nitrogens with zero attached hydrogens (tertiary/aromatic N) is 1. The van der Waals surface area contributed by atoms with Crippen molar-refractivity contribution in [2.24, 2.45) is 5.92 Å². The molecule has 0 heterocycles. The third kappa shape index (κ3) is 11.1. The smallest absolute Gasteiger partial charge is 0.408 e. The lowest BCUT2D eigenvalue weighted by Gasteiger charge is -2.37. The van der Waals surface area contributed by atoms with Gasteiger partial charge in [-0.2, -0.15) is 0 Å². The molecule has 0 aliphatic rings. The summed E-state index contributed by atoms with van der Waals surface area (Å²) in [6.07, 6.45) is 0.530. The molecule has 1 aromatic rings. The van der Waals surface area contributed by atoms with Crippen molar-refractivity contribution < 1.29 is 28.7 Å². The van der Waals surface area contributed by atoms with Gasteiger partial charge in [0, 0.05) is 12.6 Å². The first-order valence-electron chi connectivity index (χ1n) is 13.5. The van der Waals surface area contributed by atoms with Crippen molar-refractivity contribution >= 4 is 23.9 Å². The largest absolute Gasteiger partial charge is 0.466 e. The molecule has 0 aromatic heterocycles. The van der Waals surface area contributed by atoms with E-state index >= 15 is 0 Å². The number of aryl methyl sites for hydroxylation is 1. The van der Waals surface area contributed by atoms with Gasteiger partial charge in [-0.15, -0.1) is 0 Å². The van der Waals surface area contributed by atoms with Gasteiger partial charge in [0.05, 0.1) is 13.0 Å². The van der Waals surface area contributed by atoms with Gasteiger partial charge in [-0.1, -0.05) is 45.0 Å². The number of esters is 1. The predicted octanol–water partition coefficient (Wildman–Crippen LogP) is 4.54. The molecule has 9 nitrogen and oxygen atoms in total. The molecule has 1 aromatic carbocycles. The summed E-state index contributed by atoms with van der Waals surface area (Å²) in [5.74, 6) is -1.12. The van der Waals surface area contributed by atoms with Crippen LogP contribution in [0.4, 0.5) is 4.79 Å². The fourth-order valence-corrected chi connectivity index (χ4v) is 3.99. The molecule has 3 amide bonds. The lowest BCUT2D eigenvalue weighted by Crippen LogP contribution is -2.55. The highest BCUT2D eigenvalue weighted by atomic mass is 16.6. The highest BCUT2D eigenvalue weighted by Gasteiger charge is 2.38. The minimum Gasteiger partial charge on any atom is -0.466 e. The zero-order valence-electron chi connectivity index (χ0n) is 24.6. The molecule has 2 unspecified atom stereocenters. The van der Waals surface area contributed by atoms with Crippen LogP contribution in [0.2, 0.25) is 0 Å². The van der Waals surface area contributed by atoms with Crippen molar-refractivity contribution in [2.45, 2.75) is 105 Å². The van der Waals surface area contributed by atoms with Gasteiger partial charge in [0.25, 0.3) is 0 Å². The van der Waals surface area contributed by atoms with Crippen molar-refractivity contribution in [3.05, 3.63) is 35.4 Å². The number of rotatable bonds is 13. The van der Waals surface area contributed by atoms with Gasteiger partial charge in [-0.05, 0) is 71.4 Å². The maximum atomic E-state index is 14.0. The molecule has 0 saturated carbocycles. The number of nitrogens with one attached hydrogen (secondary N) is 2. The van der Waals surface area contributed by atoms with E-state index in [0.717, 1.165) is 12.0 Å². The Bertz CT molecular complexity index is 921. The number of alkyl carbamates (subject to hydrolysis) is 1. The van der Waals surface area contributed by atoms with Gasteiger partial charge in [0.2, 0.25) is 11.8 Å². The number of ether oxygens (including phenoxy) is 2. The van der Waals surface area contributed by atoms with Crippen LogP contribution in [0.25, 0.3) is 0 Å². The highest BCUT2D eigenvalue weighted by Crippen LogP contribution is 2.26. The molecule has 2 atom stereocenters. The van der Waals surface area contributed by atoms with Crippen molar-refractivity contribution in [2.75, 3.05) is 13.2 Å². The van der Waals surface area contributed by atoms with Crippen molar-refractivity contribution in [3.8, 4) is 0 Å². The van der Waals surface area contributed by atoms with Crippen LogP contribution >= 0.6 is 0 Å². The van der Waals surface area contributed by atoms with Gasteiger partial charge in [0.1, 0.15) is 17.7 Å². The summed E-state index contributed by atoms with van der Waals surface area (Å²) in [5.41, 5.74) is 1.01. The number of hydrogen-bond donors (Lipinski definition) is 2. The maximum absolute atomic E-state index is 14.0. The van der Waals surface area contributed by atoms with E-state index in [-0.39, 0.29) is 37.4 Å². The van der Waals surface area contributed by atoms with Gasteiger partial charge in [-0.3, -0.25) is 14.4 Å². The number of benzene rings is 1. The summed E-state index contributed by atoms with van der Waals surface area (Å²) in [6.45, 7) is 16.9. The van der Waals surface area contributed by atoms with E-state index in [0.29, 0.717) is 12.0 Å². The van der Waals surface area contributed by atoms with E-state index in [1.807, 2.05) is 58.9 Å². The van der Waals surface area contributed by atoms with Crippen LogP contribution < -0.4 is 10.6 Å². The number of hydrogen-bond acceptors (Lipinski definition) is 6. The Morgan fingerprint density at radius 1 is 0.974 bits per heavy atom. The van der Waals surface area contributed by atoms with Crippen molar-refractivity contribution in [1.82, 2.24) is 15.5 Å². The summed E-state index contributed by atoms with van der Waals surface area (Å²) >= 11 is 0. The molecule has 0 aliphatic heterocycles. The Morgan fingerprint density at radius 2 is 1.58 bits per heavy atom. The normalized spacial score (nSPS) is 13.0. The van der Waals surface area contributed by atoms with Crippen LogP contribution in [0.3, 0.4) is 0 Å². The molecular weight excluding hydrogens is 486 g/mol. The van der Waals surface area contributed by atoms with E-state index in [1.165, 1.54) is 4.90 Å². The molecule has 214 valence electrons. The SMILES string of the molecule is CCOC(=O)CCNC(=O)C(c1ccc(CC)cc1)N(C(=O)C(CC(C)C)NC(=O)OC(C)(C)C)C(C)C. The van der Waals surface area contributed by atoms with Crippen molar-refractivity contribution in [1.29, 1.82) is 0 Å². The lowest BCUT2D eigenvalue weighted by molar-refractivity contribution is -0.145. The average molecular weight is 534 g/mol. The van der Waals surface area contributed by atoms with Crippen LogP contribution in [0.1, 0.15) is 92.3 Å². The molecule has 38 heavy (non-hydrogen) atoms. The Hall–Kier alpha value is -3.10. The molecule has 0 aliphatic carbocycles. The first kappa shape index (κ1) is 32.9. The summed E-state index contributed by atoms with van der Waals surface area (Å²) in [5, 5.41) is 5.53. The summed E-state index contributed by atoms with van der Waals surface area (Å²) in [7, 11) is 0. The van der Waals surface area contributed by atoms with E-state index < -0.39 is 35.7 Å². The molecular formula is C29H47N3O6. The van der Waals surface area contributed by atoms with E-state index in [9.17, 15) is 19.2 Å². The minimum atomic E-state index is -0.967. The van der Waals surface area contributed by atoms with Crippen LogP contribution in [-0.4, -0.2) is 59.6 Å². The standard InChI is InChI=1S/C29H47N3O6/c1-10-21-12-14-22(15-13-21)25(26(34)30-17-16-24(33)37-11-2)32(20(5)6)27(35)23(18-19(3)4)31-28(36)38-29(7,8)9/h12-15,19-20,23,25H,10-11,16-18H2,1-9H3,(H,30,34)(H,31,36). The summed E-state index contributed by atoms with van der Waals surface area (Å²) in [4.78, 5) is 53.5. The average Bonchev–Trinajstić information content (AvgIpc) is 2.80. The molecule has 1 rings (SSSR count). The van der Waals surface area contributed by atoms with Crippen LogP contribution in [-0.2, 0) is 30.3 Å². The van der Waals surface area contributed by atoms with Crippen LogP contribution in [0.15, 0.2) is 24.3 Å². The topological polar surface area (TPSA) is 114 Å². The third-order valence-electron chi connectivity index (χ3n) is 5.67.